The molecule has 0 bridgehead atoms. The van der Waals surface area contributed by atoms with E-state index >= 15 is 0 Å². The fraction of sp³-hybridized carbons (Fsp3) is 0.923. The van der Waals surface area contributed by atoms with Crippen LogP contribution in [-0.2, 0) is 9.47 Å². The summed E-state index contributed by atoms with van der Waals surface area (Å²) < 4.78 is 10.2. The fourth-order valence-electron chi connectivity index (χ4n) is 1.42. The molecule has 0 unspecified atom stereocenters. The molecular weight excluding hydrogens is 230 g/mol. The molecule has 0 atom stereocenters. The molecule has 0 saturated carbocycles. The molecular formula is C13H29N3O2. The Morgan fingerprint density at radius 3 is 2.44 bits per heavy atom. The molecule has 5 heteroatoms. The van der Waals surface area contributed by atoms with Gasteiger partial charge in [-0.2, -0.15) is 0 Å². The Kier molecular flexibility index (Phi) is 12.1. The van der Waals surface area contributed by atoms with Crippen molar-refractivity contribution in [3.05, 3.63) is 0 Å². The van der Waals surface area contributed by atoms with Crippen molar-refractivity contribution in [2.24, 2.45) is 10.9 Å². The first kappa shape index (κ1) is 17.2. The molecule has 0 aliphatic heterocycles. The van der Waals surface area contributed by atoms with Crippen LogP contribution >= 0.6 is 0 Å². The van der Waals surface area contributed by atoms with Crippen molar-refractivity contribution in [2.45, 2.75) is 26.7 Å². The van der Waals surface area contributed by atoms with Gasteiger partial charge in [0.15, 0.2) is 5.96 Å². The molecule has 0 aliphatic rings. The van der Waals surface area contributed by atoms with Crippen LogP contribution in [0.2, 0.25) is 0 Å². The van der Waals surface area contributed by atoms with Gasteiger partial charge in [0, 0.05) is 27.2 Å². The summed E-state index contributed by atoms with van der Waals surface area (Å²) >= 11 is 0. The highest BCUT2D eigenvalue weighted by Gasteiger charge is 1.97. The van der Waals surface area contributed by atoms with Gasteiger partial charge in [-0.1, -0.05) is 13.8 Å². The monoisotopic (exact) mass is 259 g/mol. The Balaban J connectivity index is 3.42. The average molecular weight is 259 g/mol. The van der Waals surface area contributed by atoms with Crippen molar-refractivity contribution in [1.82, 2.24) is 10.6 Å². The maximum atomic E-state index is 5.36. The van der Waals surface area contributed by atoms with Gasteiger partial charge < -0.3 is 20.1 Å². The predicted octanol–water partition coefficient (Wildman–Crippen LogP) is 1.25. The second-order valence-corrected chi connectivity index (χ2v) is 4.57. The lowest BCUT2D eigenvalue weighted by Gasteiger charge is -2.12. The van der Waals surface area contributed by atoms with Crippen LogP contribution in [0, 0.1) is 5.92 Å². The number of nitrogens with zero attached hydrogens (tertiary/aromatic N) is 1. The smallest absolute Gasteiger partial charge is 0.191 e. The summed E-state index contributed by atoms with van der Waals surface area (Å²) in [7, 11) is 3.45. The van der Waals surface area contributed by atoms with Gasteiger partial charge in [0.05, 0.1) is 19.8 Å². The van der Waals surface area contributed by atoms with E-state index in [4.69, 9.17) is 9.47 Å². The van der Waals surface area contributed by atoms with Gasteiger partial charge in [-0.25, -0.2) is 0 Å². The lowest BCUT2D eigenvalue weighted by Crippen LogP contribution is -2.39. The standard InChI is InChI=1S/C13H29N3O2/c1-12(2)6-5-7-15-13(14-3)16-8-9-18-11-10-17-4/h12H,5-11H2,1-4H3,(H2,14,15,16). The zero-order valence-electron chi connectivity index (χ0n) is 12.3. The van der Waals surface area contributed by atoms with E-state index in [2.05, 4.69) is 29.5 Å². The van der Waals surface area contributed by atoms with E-state index in [1.807, 2.05) is 0 Å². The normalized spacial score (nSPS) is 11.9. The highest BCUT2D eigenvalue weighted by Crippen LogP contribution is 2.01. The van der Waals surface area contributed by atoms with E-state index in [-0.39, 0.29) is 0 Å². The van der Waals surface area contributed by atoms with Crippen molar-refractivity contribution in [3.63, 3.8) is 0 Å². The predicted molar refractivity (Wildman–Crippen MR) is 76.1 cm³/mol. The fourth-order valence-corrected chi connectivity index (χ4v) is 1.42. The summed E-state index contributed by atoms with van der Waals surface area (Å²) in [4.78, 5) is 4.15. The zero-order chi connectivity index (χ0) is 13.6. The highest BCUT2D eigenvalue weighted by atomic mass is 16.5. The van der Waals surface area contributed by atoms with E-state index in [9.17, 15) is 0 Å². The van der Waals surface area contributed by atoms with Crippen LogP contribution < -0.4 is 10.6 Å². The first-order chi connectivity index (χ1) is 8.70. The van der Waals surface area contributed by atoms with Gasteiger partial charge in [-0.3, -0.25) is 4.99 Å². The summed E-state index contributed by atoms with van der Waals surface area (Å²) in [5, 5.41) is 6.49. The maximum Gasteiger partial charge on any atom is 0.191 e. The molecule has 0 aromatic heterocycles. The SMILES string of the molecule is CN=C(NCCCC(C)C)NCCOCCOC. The van der Waals surface area contributed by atoms with Gasteiger partial charge in [-0.05, 0) is 18.8 Å². The largest absolute Gasteiger partial charge is 0.382 e. The zero-order valence-corrected chi connectivity index (χ0v) is 12.3. The molecule has 108 valence electrons. The highest BCUT2D eigenvalue weighted by molar-refractivity contribution is 5.79. The molecule has 2 N–H and O–H groups in total. The third-order valence-electron chi connectivity index (χ3n) is 2.44. The van der Waals surface area contributed by atoms with Gasteiger partial charge >= 0.3 is 0 Å². The summed E-state index contributed by atoms with van der Waals surface area (Å²) in [6.07, 6.45) is 2.41. The average Bonchev–Trinajstić information content (AvgIpc) is 2.35. The molecule has 0 aliphatic carbocycles. The molecule has 18 heavy (non-hydrogen) atoms. The van der Waals surface area contributed by atoms with E-state index < -0.39 is 0 Å². The van der Waals surface area contributed by atoms with E-state index in [1.54, 1.807) is 14.2 Å². The first-order valence-corrected chi connectivity index (χ1v) is 6.72. The van der Waals surface area contributed by atoms with Crippen molar-refractivity contribution < 1.29 is 9.47 Å². The third kappa shape index (κ3) is 11.7. The lowest BCUT2D eigenvalue weighted by molar-refractivity contribution is 0.0733. The Morgan fingerprint density at radius 1 is 1.11 bits per heavy atom. The van der Waals surface area contributed by atoms with Crippen LogP contribution in [0.5, 0.6) is 0 Å². The number of methoxy groups -OCH3 is 1. The molecule has 0 spiro atoms. The third-order valence-corrected chi connectivity index (χ3v) is 2.44. The Labute approximate surface area is 111 Å². The van der Waals surface area contributed by atoms with E-state index in [1.165, 1.54) is 12.8 Å². The number of ether oxygens (including phenoxy) is 2. The Hall–Kier alpha value is -0.810. The van der Waals surface area contributed by atoms with Gasteiger partial charge in [-0.15, -0.1) is 0 Å². The molecule has 5 nitrogen and oxygen atoms in total. The molecule has 0 heterocycles. The molecule has 0 radical (unpaired) electrons. The number of rotatable bonds is 10. The molecule has 0 aromatic carbocycles. The van der Waals surface area contributed by atoms with Crippen LogP contribution in [0.15, 0.2) is 4.99 Å². The molecule has 0 amide bonds. The molecule has 0 saturated heterocycles. The second-order valence-electron chi connectivity index (χ2n) is 4.57. The number of guanidine groups is 1. The maximum absolute atomic E-state index is 5.36. The van der Waals surface area contributed by atoms with Crippen molar-refractivity contribution >= 4 is 5.96 Å². The van der Waals surface area contributed by atoms with E-state index in [0.717, 1.165) is 25.0 Å². The van der Waals surface area contributed by atoms with Crippen LogP contribution in [0.1, 0.15) is 26.7 Å². The summed E-state index contributed by atoms with van der Waals surface area (Å²) in [6, 6.07) is 0. The summed E-state index contributed by atoms with van der Waals surface area (Å²) in [5.41, 5.74) is 0. The van der Waals surface area contributed by atoms with Crippen molar-refractivity contribution in [2.75, 3.05) is 47.1 Å². The second kappa shape index (κ2) is 12.6. The number of aliphatic imine (C=N–C) groups is 1. The van der Waals surface area contributed by atoms with Crippen LogP contribution in [0.4, 0.5) is 0 Å². The molecule has 0 aromatic rings. The van der Waals surface area contributed by atoms with Crippen LogP contribution in [0.25, 0.3) is 0 Å². The number of hydrogen-bond acceptors (Lipinski definition) is 3. The Bertz CT molecular complexity index is 208. The minimum atomic E-state index is 0.637. The number of nitrogens with one attached hydrogen (secondary N) is 2. The van der Waals surface area contributed by atoms with Gasteiger partial charge in [0.25, 0.3) is 0 Å². The molecule has 0 fully saturated rings. The minimum absolute atomic E-state index is 0.637. The first-order valence-electron chi connectivity index (χ1n) is 6.72. The molecule has 0 rings (SSSR count). The quantitative estimate of drug-likeness (QED) is 0.352. The van der Waals surface area contributed by atoms with Crippen LogP contribution in [0.3, 0.4) is 0 Å². The van der Waals surface area contributed by atoms with E-state index in [0.29, 0.717) is 19.8 Å². The minimum Gasteiger partial charge on any atom is -0.382 e. The Morgan fingerprint density at radius 2 is 1.83 bits per heavy atom. The summed E-state index contributed by atoms with van der Waals surface area (Å²) in [5.74, 6) is 1.60. The summed E-state index contributed by atoms with van der Waals surface area (Å²) in [6.45, 7) is 8.14. The van der Waals surface area contributed by atoms with Gasteiger partial charge in [0.2, 0.25) is 0 Å². The van der Waals surface area contributed by atoms with Crippen molar-refractivity contribution in [1.29, 1.82) is 0 Å². The van der Waals surface area contributed by atoms with Crippen LogP contribution in [-0.4, -0.2) is 53.0 Å². The van der Waals surface area contributed by atoms with Gasteiger partial charge in [0.1, 0.15) is 0 Å². The number of hydrogen-bond donors (Lipinski definition) is 2. The topological polar surface area (TPSA) is 54.9 Å². The lowest BCUT2D eigenvalue weighted by atomic mass is 10.1. The van der Waals surface area contributed by atoms with Crippen molar-refractivity contribution in [3.8, 4) is 0 Å².